The number of likely N-dealkylation sites (N-methyl/N-ethyl adjacent to an activating group) is 1. The Morgan fingerprint density at radius 2 is 1.76 bits per heavy atom. The molecule has 0 unspecified atom stereocenters. The molecule has 2 fully saturated rings. The molecule has 0 aliphatic carbocycles. The Balaban J connectivity index is 1.69. The van der Waals surface area contributed by atoms with E-state index in [2.05, 4.69) is 10.2 Å². The molecule has 2 aromatic carbocycles. The van der Waals surface area contributed by atoms with Crippen LogP contribution in [0, 0.1) is 5.82 Å². The number of esters is 1. The predicted molar refractivity (Wildman–Crippen MR) is 169 cm³/mol. The Morgan fingerprint density at radius 3 is 2.31 bits per heavy atom. The summed E-state index contributed by atoms with van der Waals surface area (Å²) in [6.45, 7) is 9.37. The van der Waals surface area contributed by atoms with Crippen molar-refractivity contribution in [3.05, 3.63) is 58.9 Å². The van der Waals surface area contributed by atoms with Gasteiger partial charge in [-0.15, -0.1) is 11.8 Å². The Kier molecular flexibility index (Phi) is 11.1. The van der Waals surface area contributed by atoms with E-state index in [0.717, 1.165) is 24.3 Å². The van der Waals surface area contributed by atoms with Gasteiger partial charge in [0.05, 0.1) is 16.0 Å². The molecule has 2 aromatic rings. The first-order chi connectivity index (χ1) is 21.1. The van der Waals surface area contributed by atoms with E-state index in [4.69, 9.17) is 21.1 Å². The second-order valence-electron chi connectivity index (χ2n) is 11.9. The molecule has 2 atom stereocenters. The van der Waals surface area contributed by atoms with E-state index in [9.17, 15) is 27.2 Å². The zero-order chi connectivity index (χ0) is 33.1. The summed E-state index contributed by atoms with van der Waals surface area (Å²) in [5.74, 6) is -1.89. The molecule has 2 amide bonds. The number of ether oxygens (including phenoxy) is 2. The number of hydrogen-bond acceptors (Lipinski definition) is 10. The summed E-state index contributed by atoms with van der Waals surface area (Å²) >= 11 is 7.71. The van der Waals surface area contributed by atoms with Gasteiger partial charge in [-0.2, -0.15) is 0 Å². The molecule has 2 aliphatic heterocycles. The first kappa shape index (κ1) is 35.0. The minimum Gasteiger partial charge on any atom is -0.461 e. The molecule has 45 heavy (non-hydrogen) atoms. The summed E-state index contributed by atoms with van der Waals surface area (Å²) in [4.78, 5) is 43.6. The van der Waals surface area contributed by atoms with Crippen molar-refractivity contribution in [1.82, 2.24) is 19.4 Å². The predicted octanol–water partition coefficient (Wildman–Crippen LogP) is 3.75. The minimum absolute atomic E-state index is 0.0555. The van der Waals surface area contributed by atoms with Gasteiger partial charge in [0.25, 0.3) is 15.9 Å². The first-order valence-electron chi connectivity index (χ1n) is 14.4. The van der Waals surface area contributed by atoms with Crippen LogP contribution in [0.15, 0.2) is 47.4 Å². The highest BCUT2D eigenvalue weighted by atomic mass is 35.5. The van der Waals surface area contributed by atoms with Crippen LogP contribution in [-0.4, -0.2) is 103 Å². The summed E-state index contributed by atoms with van der Waals surface area (Å²) in [7, 11) is -2.73. The number of thioether (sulfide) groups is 1. The maximum absolute atomic E-state index is 14.1. The van der Waals surface area contributed by atoms with E-state index in [1.807, 2.05) is 20.9 Å². The van der Waals surface area contributed by atoms with Gasteiger partial charge in [-0.25, -0.2) is 26.7 Å². The second kappa shape index (κ2) is 14.2. The van der Waals surface area contributed by atoms with Crippen LogP contribution in [-0.2, 0) is 30.8 Å². The van der Waals surface area contributed by atoms with Gasteiger partial charge in [0.2, 0.25) is 0 Å². The number of sulfonamides is 1. The molecule has 246 valence electrons. The lowest BCUT2D eigenvalue weighted by atomic mass is 10.1. The maximum Gasteiger partial charge on any atom is 0.415 e. The highest BCUT2D eigenvalue weighted by Gasteiger charge is 2.46. The number of hydrogen-bond donors (Lipinski definition) is 1. The van der Waals surface area contributed by atoms with Crippen molar-refractivity contribution < 1.29 is 36.7 Å². The fourth-order valence-electron chi connectivity index (χ4n) is 4.84. The van der Waals surface area contributed by atoms with Crippen LogP contribution in [0.1, 0.15) is 33.3 Å². The Bertz CT molecular complexity index is 1520. The molecular weight excluding hydrogens is 647 g/mol. The van der Waals surface area contributed by atoms with E-state index >= 15 is 0 Å². The van der Waals surface area contributed by atoms with E-state index < -0.39 is 56.9 Å². The number of nitrogens with zero attached hydrogens (tertiary/aromatic N) is 3. The molecule has 0 aromatic heterocycles. The van der Waals surface area contributed by atoms with Crippen LogP contribution >= 0.6 is 23.4 Å². The number of halogens is 2. The van der Waals surface area contributed by atoms with Crippen LogP contribution < -0.4 is 10.1 Å². The van der Waals surface area contributed by atoms with Gasteiger partial charge in [0, 0.05) is 43.9 Å². The molecule has 0 saturated carbocycles. The number of carbonyl (C=O) groups excluding carboxylic acids is 3. The summed E-state index contributed by atoms with van der Waals surface area (Å²) in [6, 6.07) is 6.79. The van der Waals surface area contributed by atoms with Crippen LogP contribution in [0.5, 0.6) is 5.75 Å². The lowest BCUT2D eigenvalue weighted by Crippen LogP contribution is -2.56. The van der Waals surface area contributed by atoms with Gasteiger partial charge in [0.1, 0.15) is 17.2 Å². The average molecular weight is 685 g/mol. The molecule has 11 nitrogen and oxygen atoms in total. The van der Waals surface area contributed by atoms with Crippen molar-refractivity contribution in [1.29, 1.82) is 0 Å². The Morgan fingerprint density at radius 1 is 1.11 bits per heavy atom. The summed E-state index contributed by atoms with van der Waals surface area (Å²) in [5, 5.41) is 2.20. The average Bonchev–Trinajstić information content (AvgIpc) is 3.33. The third kappa shape index (κ3) is 8.67. The third-order valence-corrected chi connectivity index (χ3v) is 10.9. The Hall–Kier alpha value is -2.91. The molecule has 1 N–H and O–H groups in total. The lowest BCUT2D eigenvalue weighted by molar-refractivity contribution is -0.155. The van der Waals surface area contributed by atoms with Gasteiger partial charge in [-0.05, 0) is 76.7 Å². The molecule has 15 heteroatoms. The van der Waals surface area contributed by atoms with Crippen LogP contribution in [0.2, 0.25) is 5.02 Å². The second-order valence-corrected chi connectivity index (χ2v) is 15.3. The number of nitrogens with one attached hydrogen (secondary N) is 1. The molecule has 2 saturated heterocycles. The standard InChI is InChI=1S/C30H38ClFN4O7S2/c1-19(2)42-28(38)24(17-20-6-11-25(23(31)16-20)43-29(39)35-14-12-34(5)13-15-35)36(27(37)26-33-30(3,4)18-44-26)45(40,41)22-9-7-21(32)8-10-22/h6-11,16,19,24,26,33H,12-15,17-18H2,1-5H3/t24-,26-/m0/s1. The van der Waals surface area contributed by atoms with Gasteiger partial charge in [0.15, 0.2) is 5.75 Å². The van der Waals surface area contributed by atoms with E-state index in [-0.39, 0.29) is 22.1 Å². The van der Waals surface area contributed by atoms with Crippen molar-refractivity contribution in [2.24, 2.45) is 0 Å². The first-order valence-corrected chi connectivity index (χ1v) is 17.3. The Labute approximate surface area is 272 Å². The van der Waals surface area contributed by atoms with Gasteiger partial charge < -0.3 is 19.3 Å². The largest absolute Gasteiger partial charge is 0.461 e. The minimum atomic E-state index is -4.69. The fourth-order valence-corrected chi connectivity index (χ4v) is 8.01. The van der Waals surface area contributed by atoms with Crippen molar-refractivity contribution in [3.63, 3.8) is 0 Å². The highest BCUT2D eigenvalue weighted by molar-refractivity contribution is 8.01. The molecule has 0 spiro atoms. The molecular formula is C30H38ClFN4O7S2. The molecule has 4 rings (SSSR count). The summed E-state index contributed by atoms with van der Waals surface area (Å²) < 4.78 is 53.4. The number of rotatable bonds is 9. The van der Waals surface area contributed by atoms with Gasteiger partial charge >= 0.3 is 12.1 Å². The van der Waals surface area contributed by atoms with E-state index in [1.165, 1.54) is 30.0 Å². The van der Waals surface area contributed by atoms with Crippen LogP contribution in [0.3, 0.4) is 0 Å². The quantitative estimate of drug-likeness (QED) is 0.391. The molecule has 0 radical (unpaired) electrons. The number of piperazine rings is 1. The molecule has 0 bridgehead atoms. The van der Waals surface area contributed by atoms with Crippen molar-refractivity contribution in [3.8, 4) is 5.75 Å². The fraction of sp³-hybridized carbons (Fsp3) is 0.500. The highest BCUT2D eigenvalue weighted by Crippen LogP contribution is 2.32. The SMILES string of the molecule is CC(C)OC(=O)[C@H](Cc1ccc(OC(=O)N2CCN(C)CC2)c(Cl)c1)N(C(=O)[C@H]1NC(C)(C)CS1)S(=O)(=O)c1ccc(F)cc1. The summed E-state index contributed by atoms with van der Waals surface area (Å²) in [5.41, 5.74) is -0.0978. The molecule has 2 heterocycles. The zero-order valence-electron chi connectivity index (χ0n) is 25.8. The monoisotopic (exact) mass is 684 g/mol. The van der Waals surface area contributed by atoms with Crippen molar-refractivity contribution in [2.75, 3.05) is 39.0 Å². The van der Waals surface area contributed by atoms with Crippen LogP contribution in [0.4, 0.5) is 9.18 Å². The lowest BCUT2D eigenvalue weighted by Gasteiger charge is -2.32. The number of carbonyl (C=O) groups is 3. The van der Waals surface area contributed by atoms with Gasteiger partial charge in [-0.3, -0.25) is 10.1 Å². The zero-order valence-corrected chi connectivity index (χ0v) is 28.2. The third-order valence-electron chi connectivity index (χ3n) is 7.24. The molecule has 2 aliphatic rings. The van der Waals surface area contributed by atoms with Crippen molar-refractivity contribution >= 4 is 51.4 Å². The van der Waals surface area contributed by atoms with Crippen molar-refractivity contribution in [2.45, 2.75) is 62.1 Å². The number of amides is 2. The van der Waals surface area contributed by atoms with E-state index in [0.29, 0.717) is 41.8 Å². The normalized spacial score (nSPS) is 19.3. The van der Waals surface area contributed by atoms with E-state index in [1.54, 1.807) is 18.7 Å². The maximum atomic E-state index is 14.1. The number of benzene rings is 2. The summed E-state index contributed by atoms with van der Waals surface area (Å²) in [6.07, 6.45) is -1.48. The van der Waals surface area contributed by atoms with Gasteiger partial charge in [-0.1, -0.05) is 17.7 Å². The smallest absolute Gasteiger partial charge is 0.415 e. The van der Waals surface area contributed by atoms with Crippen LogP contribution in [0.25, 0.3) is 0 Å². The topological polar surface area (TPSA) is 126 Å².